The second-order valence-corrected chi connectivity index (χ2v) is 2.45. The van der Waals surface area contributed by atoms with Gasteiger partial charge in [-0.1, -0.05) is 0 Å². The molecule has 0 radical (unpaired) electrons. The predicted octanol–water partition coefficient (Wildman–Crippen LogP) is 1.22. The van der Waals surface area contributed by atoms with Crippen molar-refractivity contribution >= 4 is 18.2 Å². The highest BCUT2D eigenvalue weighted by Gasteiger charge is 2.23. The Morgan fingerprint density at radius 2 is 2.30 bits per heavy atom. The van der Waals surface area contributed by atoms with Crippen LogP contribution >= 0.6 is 12.4 Å². The summed E-state index contributed by atoms with van der Waals surface area (Å²) in [6, 6.07) is 2.49. The summed E-state index contributed by atoms with van der Waals surface area (Å²) in [4.78, 5) is 0. The lowest BCUT2D eigenvalue weighted by atomic mass is 10.6. The minimum Gasteiger partial charge on any atom is -0.382 e. The Morgan fingerprint density at radius 1 is 1.60 bits per heavy atom. The van der Waals surface area contributed by atoms with Crippen LogP contribution in [0.2, 0.25) is 0 Å². The van der Waals surface area contributed by atoms with E-state index in [0.717, 1.165) is 0 Å². The molecule has 0 bridgehead atoms. The van der Waals surface area contributed by atoms with Crippen LogP contribution in [0.25, 0.3) is 0 Å². The molecule has 56 valence electrons. The average Bonchev–Trinajstić information content (AvgIpc) is 2.58. The van der Waals surface area contributed by atoms with E-state index in [4.69, 9.17) is 5.73 Å². The molecule has 4 heteroatoms. The highest BCUT2D eigenvalue weighted by Crippen LogP contribution is 2.33. The van der Waals surface area contributed by atoms with Crippen molar-refractivity contribution in [3.05, 3.63) is 12.3 Å². The first kappa shape index (κ1) is 7.41. The van der Waals surface area contributed by atoms with Crippen LogP contribution in [0, 0.1) is 0 Å². The van der Waals surface area contributed by atoms with Gasteiger partial charge in [-0.15, -0.1) is 12.4 Å². The van der Waals surface area contributed by atoms with Gasteiger partial charge in [0.05, 0.1) is 6.04 Å². The van der Waals surface area contributed by atoms with E-state index in [1.807, 2.05) is 16.9 Å². The number of aromatic nitrogens is 2. The quantitative estimate of drug-likeness (QED) is 0.670. The lowest BCUT2D eigenvalue weighted by Crippen LogP contribution is -1.94. The molecule has 0 saturated heterocycles. The van der Waals surface area contributed by atoms with Crippen molar-refractivity contribution in [2.24, 2.45) is 0 Å². The molecule has 1 aliphatic carbocycles. The number of hydrogen-bond acceptors (Lipinski definition) is 2. The van der Waals surface area contributed by atoms with E-state index in [1.165, 1.54) is 12.8 Å². The van der Waals surface area contributed by atoms with Gasteiger partial charge in [-0.25, -0.2) is 0 Å². The molecule has 2 N–H and O–H groups in total. The summed E-state index contributed by atoms with van der Waals surface area (Å²) in [6.07, 6.45) is 4.47. The van der Waals surface area contributed by atoms with Crippen LogP contribution in [-0.2, 0) is 0 Å². The lowest BCUT2D eigenvalue weighted by molar-refractivity contribution is 0.644. The van der Waals surface area contributed by atoms with E-state index >= 15 is 0 Å². The van der Waals surface area contributed by atoms with Gasteiger partial charge >= 0.3 is 0 Å². The van der Waals surface area contributed by atoms with Crippen molar-refractivity contribution in [1.29, 1.82) is 0 Å². The number of nitrogens with zero attached hydrogens (tertiary/aromatic N) is 2. The number of nitrogen functional groups attached to an aromatic ring is 1. The summed E-state index contributed by atoms with van der Waals surface area (Å²) in [5.41, 5.74) is 5.41. The molecule has 2 rings (SSSR count). The molecule has 0 aromatic carbocycles. The zero-order chi connectivity index (χ0) is 6.27. The third-order valence-corrected chi connectivity index (χ3v) is 1.55. The maximum Gasteiger partial charge on any atom is 0.145 e. The van der Waals surface area contributed by atoms with Gasteiger partial charge in [-0.05, 0) is 18.9 Å². The monoisotopic (exact) mass is 159 g/mol. The molecular formula is C6H10ClN3. The first-order valence-corrected chi connectivity index (χ1v) is 3.17. The van der Waals surface area contributed by atoms with Gasteiger partial charge in [-0.2, -0.15) is 5.10 Å². The second kappa shape index (κ2) is 2.50. The third-order valence-electron chi connectivity index (χ3n) is 1.55. The minimum atomic E-state index is 0. The Bertz CT molecular complexity index is 217. The summed E-state index contributed by atoms with van der Waals surface area (Å²) in [6.45, 7) is 0. The Hall–Kier alpha value is -0.700. The molecule has 0 unspecified atom stereocenters. The van der Waals surface area contributed by atoms with Gasteiger partial charge in [0, 0.05) is 6.20 Å². The van der Waals surface area contributed by atoms with Crippen molar-refractivity contribution in [2.75, 3.05) is 5.73 Å². The lowest BCUT2D eigenvalue weighted by Gasteiger charge is -1.91. The van der Waals surface area contributed by atoms with Crippen molar-refractivity contribution < 1.29 is 0 Å². The SMILES string of the molecule is Cl.Nc1ccn(C2CC2)n1. The van der Waals surface area contributed by atoms with Gasteiger partial charge < -0.3 is 5.73 Å². The molecule has 0 spiro atoms. The largest absolute Gasteiger partial charge is 0.382 e. The van der Waals surface area contributed by atoms with Gasteiger partial charge in [0.1, 0.15) is 5.82 Å². The normalized spacial score (nSPS) is 16.4. The Kier molecular flexibility index (Phi) is 1.85. The molecule has 1 aliphatic rings. The van der Waals surface area contributed by atoms with Gasteiger partial charge in [0.15, 0.2) is 0 Å². The van der Waals surface area contributed by atoms with E-state index in [1.54, 1.807) is 0 Å². The Balaban J connectivity index is 0.000000500. The fourth-order valence-electron chi connectivity index (χ4n) is 0.895. The summed E-state index contributed by atoms with van der Waals surface area (Å²) >= 11 is 0. The van der Waals surface area contributed by atoms with E-state index in [9.17, 15) is 0 Å². The molecule has 0 atom stereocenters. The van der Waals surface area contributed by atoms with Crippen LogP contribution in [0.4, 0.5) is 5.82 Å². The number of rotatable bonds is 1. The molecule has 1 saturated carbocycles. The second-order valence-electron chi connectivity index (χ2n) is 2.45. The highest BCUT2D eigenvalue weighted by molar-refractivity contribution is 5.85. The van der Waals surface area contributed by atoms with Crippen molar-refractivity contribution in [2.45, 2.75) is 18.9 Å². The molecule has 1 heterocycles. The van der Waals surface area contributed by atoms with Gasteiger partial charge in [0.2, 0.25) is 0 Å². The first-order valence-electron chi connectivity index (χ1n) is 3.17. The van der Waals surface area contributed by atoms with Crippen molar-refractivity contribution in [3.63, 3.8) is 0 Å². The number of halogens is 1. The number of hydrogen-bond donors (Lipinski definition) is 1. The van der Waals surface area contributed by atoms with E-state index < -0.39 is 0 Å². The summed E-state index contributed by atoms with van der Waals surface area (Å²) < 4.78 is 1.94. The zero-order valence-corrected chi connectivity index (χ0v) is 6.34. The standard InChI is InChI=1S/C6H9N3.ClH/c7-6-3-4-9(8-6)5-1-2-5;/h3-5H,1-2H2,(H2,7,8);1H. The molecule has 1 aromatic heterocycles. The molecule has 1 fully saturated rings. The predicted molar refractivity (Wildman–Crippen MR) is 42.2 cm³/mol. The zero-order valence-electron chi connectivity index (χ0n) is 5.53. The van der Waals surface area contributed by atoms with Crippen molar-refractivity contribution in [1.82, 2.24) is 9.78 Å². The fourth-order valence-corrected chi connectivity index (χ4v) is 0.895. The van der Waals surface area contributed by atoms with Crippen LogP contribution in [0.15, 0.2) is 12.3 Å². The molecular weight excluding hydrogens is 150 g/mol. The molecule has 0 aliphatic heterocycles. The molecule has 3 nitrogen and oxygen atoms in total. The summed E-state index contributed by atoms with van der Waals surface area (Å²) in [7, 11) is 0. The van der Waals surface area contributed by atoms with Crippen LogP contribution in [0.1, 0.15) is 18.9 Å². The van der Waals surface area contributed by atoms with Crippen LogP contribution in [-0.4, -0.2) is 9.78 Å². The van der Waals surface area contributed by atoms with Crippen LogP contribution in [0.5, 0.6) is 0 Å². The maximum absolute atomic E-state index is 5.41. The molecule has 0 amide bonds. The molecule has 1 aromatic rings. The third kappa shape index (κ3) is 1.24. The Labute approximate surface area is 65.6 Å². The smallest absolute Gasteiger partial charge is 0.145 e. The summed E-state index contributed by atoms with van der Waals surface area (Å²) in [5.74, 6) is 0.627. The first-order chi connectivity index (χ1) is 4.36. The van der Waals surface area contributed by atoms with Crippen LogP contribution < -0.4 is 5.73 Å². The summed E-state index contributed by atoms with van der Waals surface area (Å²) in [5, 5.41) is 4.07. The van der Waals surface area contributed by atoms with Crippen LogP contribution in [0.3, 0.4) is 0 Å². The van der Waals surface area contributed by atoms with Crippen molar-refractivity contribution in [3.8, 4) is 0 Å². The van der Waals surface area contributed by atoms with Gasteiger partial charge in [-0.3, -0.25) is 4.68 Å². The average molecular weight is 160 g/mol. The fraction of sp³-hybridized carbons (Fsp3) is 0.500. The minimum absolute atomic E-state index is 0. The molecule has 10 heavy (non-hydrogen) atoms. The van der Waals surface area contributed by atoms with E-state index in [2.05, 4.69) is 5.10 Å². The van der Waals surface area contributed by atoms with Gasteiger partial charge in [0.25, 0.3) is 0 Å². The number of nitrogens with two attached hydrogens (primary N) is 1. The highest BCUT2D eigenvalue weighted by atomic mass is 35.5. The Morgan fingerprint density at radius 3 is 2.70 bits per heavy atom. The van der Waals surface area contributed by atoms with E-state index in [0.29, 0.717) is 11.9 Å². The maximum atomic E-state index is 5.41. The topological polar surface area (TPSA) is 43.8 Å². The van der Waals surface area contributed by atoms with E-state index in [-0.39, 0.29) is 12.4 Å². The number of anilines is 1.